The van der Waals surface area contributed by atoms with Crippen molar-refractivity contribution in [2.45, 2.75) is 6.42 Å². The van der Waals surface area contributed by atoms with Gasteiger partial charge in [0.1, 0.15) is 0 Å². The van der Waals surface area contributed by atoms with Crippen molar-refractivity contribution in [3.8, 4) is 0 Å². The van der Waals surface area contributed by atoms with Crippen LogP contribution in [0, 0.1) is 5.41 Å². The second-order valence-electron chi connectivity index (χ2n) is 2.68. The lowest BCUT2D eigenvalue weighted by molar-refractivity contribution is 0.854. The van der Waals surface area contributed by atoms with Crippen molar-refractivity contribution in [3.05, 3.63) is 34.9 Å². The Kier molecular flexibility index (Phi) is 3.58. The highest BCUT2D eigenvalue weighted by atomic mass is 35.5. The fourth-order valence-electron chi connectivity index (χ4n) is 1.03. The van der Waals surface area contributed by atoms with Crippen LogP contribution in [-0.2, 0) is 6.42 Å². The fraction of sp³-hybridized carbons (Fsp3) is 0.222. The number of nitrogens with one attached hydrogen (secondary N) is 2. The molecule has 0 amide bonds. The summed E-state index contributed by atoms with van der Waals surface area (Å²) in [5.41, 5.74) is 6.20. The molecule has 0 heterocycles. The van der Waals surface area contributed by atoms with Crippen LogP contribution in [0.15, 0.2) is 24.3 Å². The van der Waals surface area contributed by atoms with Crippen LogP contribution in [-0.4, -0.2) is 12.5 Å². The fourth-order valence-corrected chi connectivity index (χ4v) is 1.26. The molecule has 4 heteroatoms. The van der Waals surface area contributed by atoms with Crippen molar-refractivity contribution >= 4 is 17.6 Å². The zero-order valence-corrected chi connectivity index (χ0v) is 7.93. The molecule has 3 nitrogen and oxygen atoms in total. The predicted octanol–water partition coefficient (Wildman–Crippen LogP) is 1.37. The third-order valence-electron chi connectivity index (χ3n) is 1.67. The Morgan fingerprint density at radius 2 is 2.15 bits per heavy atom. The molecule has 1 aromatic rings. The maximum Gasteiger partial charge on any atom is 0.185 e. The van der Waals surface area contributed by atoms with Gasteiger partial charge in [-0.25, -0.2) is 0 Å². The van der Waals surface area contributed by atoms with Crippen LogP contribution in [0.5, 0.6) is 0 Å². The number of guanidine groups is 1. The zero-order valence-electron chi connectivity index (χ0n) is 7.18. The quantitative estimate of drug-likeness (QED) is 0.506. The van der Waals surface area contributed by atoms with Crippen LogP contribution in [0.2, 0.25) is 5.02 Å². The normalized spacial score (nSPS) is 9.62. The standard InChI is InChI=1S/C9H12ClN3/c10-8-4-2-1-3-7(8)5-6-13-9(11)12/h1-4H,5-6H2,(H4,11,12,13). The lowest BCUT2D eigenvalue weighted by Gasteiger charge is -2.04. The first kappa shape index (κ1) is 9.86. The molecular weight excluding hydrogens is 186 g/mol. The molecule has 0 aliphatic carbocycles. The number of hydrogen-bond donors (Lipinski definition) is 3. The molecule has 0 unspecified atom stereocenters. The topological polar surface area (TPSA) is 61.9 Å². The third kappa shape index (κ3) is 3.34. The molecule has 13 heavy (non-hydrogen) atoms. The molecule has 1 rings (SSSR count). The van der Waals surface area contributed by atoms with Gasteiger partial charge in [-0.2, -0.15) is 0 Å². The molecule has 0 radical (unpaired) electrons. The second-order valence-corrected chi connectivity index (χ2v) is 3.09. The van der Waals surface area contributed by atoms with Gasteiger partial charge in [0, 0.05) is 11.6 Å². The molecule has 1 aromatic carbocycles. The van der Waals surface area contributed by atoms with Gasteiger partial charge in [0.2, 0.25) is 0 Å². The molecule has 4 N–H and O–H groups in total. The van der Waals surface area contributed by atoms with Gasteiger partial charge in [-0.3, -0.25) is 5.41 Å². The Morgan fingerprint density at radius 1 is 1.46 bits per heavy atom. The summed E-state index contributed by atoms with van der Waals surface area (Å²) in [6, 6.07) is 7.65. The van der Waals surface area contributed by atoms with Gasteiger partial charge in [-0.15, -0.1) is 0 Å². The van der Waals surface area contributed by atoms with Crippen molar-refractivity contribution < 1.29 is 0 Å². The van der Waals surface area contributed by atoms with Crippen LogP contribution in [0.4, 0.5) is 0 Å². The van der Waals surface area contributed by atoms with E-state index in [1.54, 1.807) is 0 Å². The number of halogens is 1. The monoisotopic (exact) mass is 197 g/mol. The minimum Gasteiger partial charge on any atom is -0.370 e. The van der Waals surface area contributed by atoms with E-state index in [-0.39, 0.29) is 5.96 Å². The lowest BCUT2D eigenvalue weighted by atomic mass is 10.1. The molecule has 0 spiro atoms. The van der Waals surface area contributed by atoms with Crippen molar-refractivity contribution in [3.63, 3.8) is 0 Å². The van der Waals surface area contributed by atoms with Crippen LogP contribution in [0.25, 0.3) is 0 Å². The summed E-state index contributed by atoms with van der Waals surface area (Å²) in [4.78, 5) is 0. The first-order chi connectivity index (χ1) is 6.20. The van der Waals surface area contributed by atoms with E-state index in [9.17, 15) is 0 Å². The van der Waals surface area contributed by atoms with E-state index in [1.807, 2.05) is 24.3 Å². The number of rotatable bonds is 3. The van der Waals surface area contributed by atoms with E-state index in [0.717, 1.165) is 17.0 Å². The van der Waals surface area contributed by atoms with E-state index in [1.165, 1.54) is 0 Å². The highest BCUT2D eigenvalue weighted by Gasteiger charge is 1.97. The summed E-state index contributed by atoms with van der Waals surface area (Å²) in [6.07, 6.45) is 0.777. The van der Waals surface area contributed by atoms with Gasteiger partial charge >= 0.3 is 0 Å². The summed E-state index contributed by atoms with van der Waals surface area (Å²) >= 11 is 5.93. The minimum atomic E-state index is -0.00736. The molecule has 0 saturated carbocycles. The first-order valence-electron chi connectivity index (χ1n) is 4.01. The Hall–Kier alpha value is -1.22. The summed E-state index contributed by atoms with van der Waals surface area (Å²) in [6.45, 7) is 0.638. The van der Waals surface area contributed by atoms with Gasteiger partial charge in [-0.1, -0.05) is 29.8 Å². The summed E-state index contributed by atoms with van der Waals surface area (Å²) in [5, 5.41) is 10.4. The van der Waals surface area contributed by atoms with Crippen molar-refractivity contribution in [2.75, 3.05) is 6.54 Å². The molecule has 70 valence electrons. The van der Waals surface area contributed by atoms with E-state index in [4.69, 9.17) is 22.7 Å². The van der Waals surface area contributed by atoms with Crippen LogP contribution >= 0.6 is 11.6 Å². The van der Waals surface area contributed by atoms with Gasteiger partial charge in [0.15, 0.2) is 5.96 Å². The largest absolute Gasteiger partial charge is 0.370 e. The molecule has 0 saturated heterocycles. The van der Waals surface area contributed by atoms with Crippen molar-refractivity contribution in [1.82, 2.24) is 5.32 Å². The smallest absolute Gasteiger partial charge is 0.185 e. The van der Waals surface area contributed by atoms with Crippen molar-refractivity contribution in [2.24, 2.45) is 5.73 Å². The van der Waals surface area contributed by atoms with Crippen LogP contribution in [0.3, 0.4) is 0 Å². The summed E-state index contributed by atoms with van der Waals surface area (Å²) in [7, 11) is 0. The third-order valence-corrected chi connectivity index (χ3v) is 2.04. The Morgan fingerprint density at radius 3 is 2.77 bits per heavy atom. The van der Waals surface area contributed by atoms with E-state index in [0.29, 0.717) is 6.54 Å². The number of benzene rings is 1. The average molecular weight is 198 g/mol. The van der Waals surface area contributed by atoms with E-state index < -0.39 is 0 Å². The minimum absolute atomic E-state index is 0.00736. The van der Waals surface area contributed by atoms with Crippen LogP contribution in [0.1, 0.15) is 5.56 Å². The Balaban J connectivity index is 2.45. The Labute approximate surface area is 82.4 Å². The molecule has 0 aliphatic heterocycles. The average Bonchev–Trinajstić information content (AvgIpc) is 2.08. The summed E-state index contributed by atoms with van der Waals surface area (Å²) in [5.74, 6) is -0.00736. The van der Waals surface area contributed by atoms with Crippen LogP contribution < -0.4 is 11.1 Å². The lowest BCUT2D eigenvalue weighted by Crippen LogP contribution is -2.31. The SMILES string of the molecule is N=C(N)NCCc1ccccc1Cl. The van der Waals surface area contributed by atoms with Gasteiger partial charge in [0.25, 0.3) is 0 Å². The van der Waals surface area contributed by atoms with E-state index >= 15 is 0 Å². The van der Waals surface area contributed by atoms with Gasteiger partial charge in [0.05, 0.1) is 0 Å². The molecule has 0 bridgehead atoms. The first-order valence-corrected chi connectivity index (χ1v) is 4.39. The number of hydrogen-bond acceptors (Lipinski definition) is 1. The second kappa shape index (κ2) is 4.72. The molecule has 0 fully saturated rings. The highest BCUT2D eigenvalue weighted by Crippen LogP contribution is 2.14. The van der Waals surface area contributed by atoms with Gasteiger partial charge in [-0.05, 0) is 18.1 Å². The summed E-state index contributed by atoms with van der Waals surface area (Å²) < 4.78 is 0. The molecule has 0 aliphatic rings. The number of nitrogens with two attached hydrogens (primary N) is 1. The maximum atomic E-state index is 6.95. The molecule has 0 atom stereocenters. The van der Waals surface area contributed by atoms with Crippen molar-refractivity contribution in [1.29, 1.82) is 5.41 Å². The predicted molar refractivity (Wildman–Crippen MR) is 55.1 cm³/mol. The maximum absolute atomic E-state index is 6.95. The zero-order chi connectivity index (χ0) is 9.68. The Bertz CT molecular complexity index is 299. The van der Waals surface area contributed by atoms with Gasteiger partial charge < -0.3 is 11.1 Å². The molecule has 0 aromatic heterocycles. The van der Waals surface area contributed by atoms with E-state index in [2.05, 4.69) is 5.32 Å². The molecular formula is C9H12ClN3. The highest BCUT2D eigenvalue weighted by molar-refractivity contribution is 6.31.